The zero-order chi connectivity index (χ0) is 16.9. The van der Waals surface area contributed by atoms with E-state index in [2.05, 4.69) is 28.6 Å². The lowest BCUT2D eigenvalue weighted by Gasteiger charge is -2.33. The highest BCUT2D eigenvalue weighted by Gasteiger charge is 2.22. The van der Waals surface area contributed by atoms with Gasteiger partial charge in [0.05, 0.1) is 6.20 Å². The van der Waals surface area contributed by atoms with Crippen LogP contribution in [0.4, 0.5) is 0 Å². The Hall–Kier alpha value is -1.87. The highest BCUT2D eigenvalue weighted by atomic mass is 35.5. The van der Waals surface area contributed by atoms with Crippen molar-refractivity contribution in [2.24, 2.45) is 0 Å². The molecule has 1 fully saturated rings. The van der Waals surface area contributed by atoms with E-state index >= 15 is 0 Å². The van der Waals surface area contributed by atoms with Gasteiger partial charge in [-0.25, -0.2) is 4.98 Å². The Labute approximate surface area is 151 Å². The van der Waals surface area contributed by atoms with Crippen LogP contribution in [0.25, 0.3) is 0 Å². The summed E-state index contributed by atoms with van der Waals surface area (Å²) in [4.78, 5) is 21.7. The third-order valence-electron chi connectivity index (χ3n) is 3.96. The van der Waals surface area contributed by atoms with Crippen LogP contribution in [0, 0.1) is 11.8 Å². The molecule has 0 radical (unpaired) electrons. The molecule has 3 rings (SSSR count). The van der Waals surface area contributed by atoms with Gasteiger partial charge in [-0.2, -0.15) is 0 Å². The van der Waals surface area contributed by atoms with Crippen molar-refractivity contribution in [1.29, 1.82) is 0 Å². The smallest absolute Gasteiger partial charge is 0.265 e. The van der Waals surface area contributed by atoms with Gasteiger partial charge in [0.15, 0.2) is 5.01 Å². The number of halogens is 1. The van der Waals surface area contributed by atoms with Gasteiger partial charge in [0.25, 0.3) is 5.91 Å². The van der Waals surface area contributed by atoms with Crippen molar-refractivity contribution in [3.05, 3.63) is 50.9 Å². The molecule has 24 heavy (non-hydrogen) atoms. The standard InChI is InChI=1S/C18H18ClN3OS/c1-2-21-8-10-22(11-9-21)18(23)16-13-20-17(24-16)7-6-14-4-3-5-15(19)12-14/h3-5,12-13H,2,8-11H2,1H3. The average Bonchev–Trinajstić information content (AvgIpc) is 3.08. The molecule has 4 nitrogen and oxygen atoms in total. The molecule has 1 saturated heterocycles. The third-order valence-corrected chi connectivity index (χ3v) is 5.10. The number of piperazine rings is 1. The fourth-order valence-electron chi connectivity index (χ4n) is 2.55. The summed E-state index contributed by atoms with van der Waals surface area (Å²) in [5.41, 5.74) is 0.835. The highest BCUT2D eigenvalue weighted by Crippen LogP contribution is 2.16. The predicted molar refractivity (Wildman–Crippen MR) is 97.6 cm³/mol. The molecule has 0 N–H and O–H groups in total. The topological polar surface area (TPSA) is 36.4 Å². The van der Waals surface area contributed by atoms with E-state index in [1.165, 1.54) is 11.3 Å². The van der Waals surface area contributed by atoms with E-state index in [4.69, 9.17) is 11.6 Å². The van der Waals surface area contributed by atoms with Crippen molar-refractivity contribution >= 4 is 28.8 Å². The van der Waals surface area contributed by atoms with Crippen molar-refractivity contribution in [3.8, 4) is 11.8 Å². The van der Waals surface area contributed by atoms with Gasteiger partial charge >= 0.3 is 0 Å². The highest BCUT2D eigenvalue weighted by molar-refractivity contribution is 7.14. The van der Waals surface area contributed by atoms with Crippen LogP contribution in [-0.2, 0) is 0 Å². The number of likely N-dealkylation sites (N-methyl/N-ethyl adjacent to an activating group) is 1. The molecule has 1 aromatic carbocycles. The zero-order valence-corrected chi connectivity index (χ0v) is 15.0. The SMILES string of the molecule is CCN1CCN(C(=O)c2cnc(C#Cc3cccc(Cl)c3)s2)CC1. The van der Waals surface area contributed by atoms with Gasteiger partial charge in [0.2, 0.25) is 0 Å². The van der Waals surface area contributed by atoms with Crippen molar-refractivity contribution < 1.29 is 4.79 Å². The van der Waals surface area contributed by atoms with Crippen molar-refractivity contribution in [1.82, 2.24) is 14.8 Å². The van der Waals surface area contributed by atoms with E-state index in [1.807, 2.05) is 23.1 Å². The Morgan fingerprint density at radius 2 is 2.08 bits per heavy atom. The molecule has 0 spiro atoms. The minimum absolute atomic E-state index is 0.0547. The average molecular weight is 360 g/mol. The number of thiazole rings is 1. The number of carbonyl (C=O) groups excluding carboxylic acids is 1. The maximum Gasteiger partial charge on any atom is 0.265 e. The minimum Gasteiger partial charge on any atom is -0.335 e. The lowest BCUT2D eigenvalue weighted by Crippen LogP contribution is -2.48. The quantitative estimate of drug-likeness (QED) is 0.773. The predicted octanol–water partition coefficient (Wildman–Crippen LogP) is 2.97. The fraction of sp³-hybridized carbons (Fsp3) is 0.333. The second-order valence-electron chi connectivity index (χ2n) is 5.52. The molecule has 2 heterocycles. The van der Waals surface area contributed by atoms with E-state index in [9.17, 15) is 4.79 Å². The van der Waals surface area contributed by atoms with Gasteiger partial charge in [-0.15, -0.1) is 11.3 Å². The molecule has 1 aliphatic heterocycles. The first kappa shape index (κ1) is 17.0. The molecule has 0 aliphatic carbocycles. The molecule has 0 saturated carbocycles. The number of amides is 1. The summed E-state index contributed by atoms with van der Waals surface area (Å²) in [5, 5.41) is 1.30. The van der Waals surface area contributed by atoms with E-state index in [1.54, 1.807) is 12.3 Å². The van der Waals surface area contributed by atoms with Crippen LogP contribution < -0.4 is 0 Å². The van der Waals surface area contributed by atoms with E-state index in [0.29, 0.717) is 14.9 Å². The first-order valence-corrected chi connectivity index (χ1v) is 9.10. The van der Waals surface area contributed by atoms with Crippen molar-refractivity contribution in [2.75, 3.05) is 32.7 Å². The lowest BCUT2D eigenvalue weighted by atomic mass is 10.2. The molecule has 124 valence electrons. The largest absolute Gasteiger partial charge is 0.335 e. The molecule has 1 aliphatic rings. The Morgan fingerprint density at radius 1 is 1.29 bits per heavy atom. The lowest BCUT2D eigenvalue weighted by molar-refractivity contribution is 0.0648. The molecule has 1 aromatic heterocycles. The second kappa shape index (κ2) is 7.80. The summed E-state index contributed by atoms with van der Waals surface area (Å²) in [7, 11) is 0. The van der Waals surface area contributed by atoms with Gasteiger partial charge in [0.1, 0.15) is 4.88 Å². The minimum atomic E-state index is 0.0547. The van der Waals surface area contributed by atoms with E-state index < -0.39 is 0 Å². The van der Waals surface area contributed by atoms with Gasteiger partial charge in [0, 0.05) is 36.8 Å². The fourth-order valence-corrected chi connectivity index (χ4v) is 3.47. The molecular formula is C18H18ClN3OS. The maximum absolute atomic E-state index is 12.5. The summed E-state index contributed by atoms with van der Waals surface area (Å²) in [5.74, 6) is 6.09. The van der Waals surface area contributed by atoms with Crippen LogP contribution in [0.3, 0.4) is 0 Å². The number of hydrogen-bond donors (Lipinski definition) is 0. The molecule has 0 atom stereocenters. The number of aromatic nitrogens is 1. The van der Waals surface area contributed by atoms with Gasteiger partial charge < -0.3 is 9.80 Å². The summed E-state index contributed by atoms with van der Waals surface area (Å²) in [6, 6.07) is 7.37. The first-order valence-electron chi connectivity index (χ1n) is 7.91. The molecule has 1 amide bonds. The summed E-state index contributed by atoms with van der Waals surface area (Å²) in [6.07, 6.45) is 1.63. The number of benzene rings is 1. The number of hydrogen-bond acceptors (Lipinski definition) is 4. The van der Waals surface area contributed by atoms with Crippen molar-refractivity contribution in [3.63, 3.8) is 0 Å². The monoisotopic (exact) mass is 359 g/mol. The number of carbonyl (C=O) groups is 1. The normalized spacial score (nSPS) is 15.0. The van der Waals surface area contributed by atoms with Crippen LogP contribution in [0.2, 0.25) is 5.02 Å². The van der Waals surface area contributed by atoms with E-state index in [-0.39, 0.29) is 5.91 Å². The second-order valence-corrected chi connectivity index (χ2v) is 6.98. The summed E-state index contributed by atoms with van der Waals surface area (Å²) < 4.78 is 0. The third kappa shape index (κ3) is 4.15. The summed E-state index contributed by atoms with van der Waals surface area (Å²) in [6.45, 7) is 6.59. The molecule has 0 unspecified atom stereocenters. The molecule has 2 aromatic rings. The van der Waals surface area contributed by atoms with Crippen LogP contribution in [0.5, 0.6) is 0 Å². The summed E-state index contributed by atoms with van der Waals surface area (Å²) >= 11 is 7.29. The van der Waals surface area contributed by atoms with Crippen LogP contribution >= 0.6 is 22.9 Å². The van der Waals surface area contributed by atoms with E-state index in [0.717, 1.165) is 38.3 Å². The van der Waals surface area contributed by atoms with Crippen LogP contribution in [-0.4, -0.2) is 53.4 Å². The number of nitrogens with zero attached hydrogens (tertiary/aromatic N) is 3. The molecule has 0 bridgehead atoms. The molecule has 6 heteroatoms. The number of rotatable bonds is 2. The van der Waals surface area contributed by atoms with Gasteiger partial charge in [-0.1, -0.05) is 30.5 Å². The Bertz CT molecular complexity index is 785. The zero-order valence-electron chi connectivity index (χ0n) is 13.5. The van der Waals surface area contributed by atoms with Gasteiger partial charge in [-0.3, -0.25) is 4.79 Å². The maximum atomic E-state index is 12.5. The van der Waals surface area contributed by atoms with Crippen molar-refractivity contribution in [2.45, 2.75) is 6.92 Å². The van der Waals surface area contributed by atoms with Crippen LogP contribution in [0.15, 0.2) is 30.5 Å². The first-order chi connectivity index (χ1) is 11.7. The van der Waals surface area contributed by atoms with Gasteiger partial charge in [-0.05, 0) is 30.7 Å². The molecular weight excluding hydrogens is 342 g/mol. The Balaban J connectivity index is 1.66. The Morgan fingerprint density at radius 3 is 2.79 bits per heavy atom. The van der Waals surface area contributed by atoms with Crippen LogP contribution in [0.1, 0.15) is 27.2 Å². The Kier molecular flexibility index (Phi) is 5.52.